The Labute approximate surface area is 59.6 Å². The molecule has 0 aromatic carbocycles. The van der Waals surface area contributed by atoms with E-state index in [1.165, 1.54) is 7.11 Å². The van der Waals surface area contributed by atoms with Crippen molar-refractivity contribution in [1.82, 2.24) is 0 Å². The van der Waals surface area contributed by atoms with Gasteiger partial charge in [0.1, 0.15) is 6.10 Å². The molecule has 0 aliphatic heterocycles. The highest BCUT2D eigenvalue weighted by Crippen LogP contribution is 2.13. The van der Waals surface area contributed by atoms with E-state index < -0.39 is 6.16 Å². The van der Waals surface area contributed by atoms with Gasteiger partial charge < -0.3 is 9.47 Å². The fourth-order valence-electron chi connectivity index (χ4n) is 0.873. The summed E-state index contributed by atoms with van der Waals surface area (Å²) >= 11 is 0. The van der Waals surface area contributed by atoms with E-state index in [0.717, 1.165) is 12.8 Å². The van der Waals surface area contributed by atoms with Gasteiger partial charge in [0.05, 0.1) is 7.11 Å². The molecule has 0 unspecified atom stereocenters. The zero-order chi connectivity index (χ0) is 7.40. The number of hydrogen-bond acceptors (Lipinski definition) is 3. The van der Waals surface area contributed by atoms with Crippen LogP contribution in [0, 0.1) is 0 Å². The van der Waals surface area contributed by atoms with Crippen LogP contribution in [-0.4, -0.2) is 19.4 Å². The van der Waals surface area contributed by atoms with Gasteiger partial charge in [0, 0.05) is 12.8 Å². The molecule has 1 aliphatic carbocycles. The number of carbonyl (C=O) groups excluding carboxylic acids is 1. The number of rotatable bonds is 1. The normalized spacial score (nSPS) is 17.3. The molecule has 0 aromatic rings. The minimum atomic E-state index is -0.589. The fraction of sp³-hybridized carbons (Fsp3) is 0.571. The molecular formula is C7H10O3. The molecule has 0 saturated heterocycles. The summed E-state index contributed by atoms with van der Waals surface area (Å²) in [6, 6.07) is 0. The van der Waals surface area contributed by atoms with Crippen molar-refractivity contribution in [3.8, 4) is 0 Å². The summed E-state index contributed by atoms with van der Waals surface area (Å²) in [6.45, 7) is 0. The second-order valence-electron chi connectivity index (χ2n) is 2.14. The molecule has 0 saturated carbocycles. The molecule has 0 fully saturated rings. The van der Waals surface area contributed by atoms with Crippen LogP contribution in [0.25, 0.3) is 0 Å². The topological polar surface area (TPSA) is 35.5 Å². The third kappa shape index (κ3) is 1.76. The second kappa shape index (κ2) is 3.25. The van der Waals surface area contributed by atoms with Crippen LogP contribution in [0.4, 0.5) is 4.79 Å². The average molecular weight is 142 g/mol. The molecule has 10 heavy (non-hydrogen) atoms. The lowest BCUT2D eigenvalue weighted by atomic mass is 10.3. The van der Waals surface area contributed by atoms with Crippen molar-refractivity contribution in [2.45, 2.75) is 18.9 Å². The molecule has 0 bridgehead atoms. The summed E-state index contributed by atoms with van der Waals surface area (Å²) in [6.07, 6.45) is 5.03. The highest BCUT2D eigenvalue weighted by atomic mass is 16.7. The first kappa shape index (κ1) is 7.12. The van der Waals surface area contributed by atoms with Crippen molar-refractivity contribution >= 4 is 6.16 Å². The lowest BCUT2D eigenvalue weighted by molar-refractivity contribution is 0.0416. The van der Waals surface area contributed by atoms with E-state index in [2.05, 4.69) is 4.74 Å². The molecule has 0 heterocycles. The molecule has 56 valence electrons. The Morgan fingerprint density at radius 3 is 2.60 bits per heavy atom. The van der Waals surface area contributed by atoms with Gasteiger partial charge in [-0.15, -0.1) is 0 Å². The summed E-state index contributed by atoms with van der Waals surface area (Å²) in [7, 11) is 1.31. The van der Waals surface area contributed by atoms with E-state index in [0.29, 0.717) is 0 Å². The van der Waals surface area contributed by atoms with Gasteiger partial charge in [0.15, 0.2) is 0 Å². The van der Waals surface area contributed by atoms with Gasteiger partial charge >= 0.3 is 6.16 Å². The SMILES string of the molecule is COC(=O)OC1CC=CC1. The standard InChI is InChI=1S/C7H10O3/c1-9-7(8)10-6-4-2-3-5-6/h2-3,6H,4-5H2,1H3. The van der Waals surface area contributed by atoms with E-state index in [9.17, 15) is 4.79 Å². The van der Waals surface area contributed by atoms with E-state index >= 15 is 0 Å². The number of ether oxygens (including phenoxy) is 2. The van der Waals surface area contributed by atoms with E-state index in [1.54, 1.807) is 0 Å². The van der Waals surface area contributed by atoms with Gasteiger partial charge in [-0.2, -0.15) is 0 Å². The maximum Gasteiger partial charge on any atom is 0.508 e. The lowest BCUT2D eigenvalue weighted by Crippen LogP contribution is -2.14. The van der Waals surface area contributed by atoms with Gasteiger partial charge in [-0.05, 0) is 0 Å². The van der Waals surface area contributed by atoms with Crippen LogP contribution in [0.5, 0.6) is 0 Å². The predicted molar refractivity (Wildman–Crippen MR) is 35.7 cm³/mol. The fourth-order valence-corrected chi connectivity index (χ4v) is 0.873. The first-order chi connectivity index (χ1) is 4.83. The zero-order valence-corrected chi connectivity index (χ0v) is 5.87. The van der Waals surface area contributed by atoms with Crippen LogP contribution in [0.3, 0.4) is 0 Å². The van der Waals surface area contributed by atoms with Crippen molar-refractivity contribution in [2.75, 3.05) is 7.11 Å². The smallest absolute Gasteiger partial charge is 0.438 e. The summed E-state index contributed by atoms with van der Waals surface area (Å²) in [5.41, 5.74) is 0. The van der Waals surface area contributed by atoms with Gasteiger partial charge in [0.25, 0.3) is 0 Å². The van der Waals surface area contributed by atoms with E-state index in [1.807, 2.05) is 12.2 Å². The Morgan fingerprint density at radius 2 is 2.10 bits per heavy atom. The van der Waals surface area contributed by atoms with Crippen molar-refractivity contribution in [2.24, 2.45) is 0 Å². The van der Waals surface area contributed by atoms with Crippen molar-refractivity contribution in [3.63, 3.8) is 0 Å². The minimum absolute atomic E-state index is 0.00690. The third-order valence-corrected chi connectivity index (χ3v) is 1.39. The van der Waals surface area contributed by atoms with Gasteiger partial charge in [0.2, 0.25) is 0 Å². The maximum atomic E-state index is 10.5. The minimum Gasteiger partial charge on any atom is -0.438 e. The summed E-state index contributed by atoms with van der Waals surface area (Å²) < 4.78 is 9.16. The molecule has 0 atom stereocenters. The zero-order valence-electron chi connectivity index (χ0n) is 5.87. The van der Waals surface area contributed by atoms with Gasteiger partial charge in [-0.25, -0.2) is 4.79 Å². The molecule has 0 aromatic heterocycles. The van der Waals surface area contributed by atoms with Crippen molar-refractivity contribution in [3.05, 3.63) is 12.2 Å². The molecule has 1 aliphatic rings. The Bertz CT molecular complexity index is 143. The number of methoxy groups -OCH3 is 1. The maximum absolute atomic E-state index is 10.5. The van der Waals surface area contributed by atoms with E-state index in [4.69, 9.17) is 4.74 Å². The van der Waals surface area contributed by atoms with E-state index in [-0.39, 0.29) is 6.10 Å². The highest BCUT2D eigenvalue weighted by Gasteiger charge is 2.14. The third-order valence-electron chi connectivity index (χ3n) is 1.39. The van der Waals surface area contributed by atoms with Crippen LogP contribution in [0.1, 0.15) is 12.8 Å². The van der Waals surface area contributed by atoms with Gasteiger partial charge in [-0.3, -0.25) is 0 Å². The molecule has 3 heteroatoms. The van der Waals surface area contributed by atoms with Crippen molar-refractivity contribution < 1.29 is 14.3 Å². The Hall–Kier alpha value is -0.990. The second-order valence-corrected chi connectivity index (χ2v) is 2.14. The molecule has 0 spiro atoms. The molecule has 1 rings (SSSR count). The lowest BCUT2D eigenvalue weighted by Gasteiger charge is -2.08. The van der Waals surface area contributed by atoms with Gasteiger partial charge in [-0.1, -0.05) is 12.2 Å². The molecule has 0 N–H and O–H groups in total. The van der Waals surface area contributed by atoms with Crippen molar-refractivity contribution in [1.29, 1.82) is 0 Å². The summed E-state index contributed by atoms with van der Waals surface area (Å²) in [5.74, 6) is 0. The predicted octanol–water partition coefficient (Wildman–Crippen LogP) is 1.49. The average Bonchev–Trinajstić information content (AvgIpc) is 2.40. The number of carbonyl (C=O) groups is 1. The molecular weight excluding hydrogens is 132 g/mol. The first-order valence-corrected chi connectivity index (χ1v) is 3.22. The quantitative estimate of drug-likeness (QED) is 0.411. The molecule has 0 amide bonds. The highest BCUT2D eigenvalue weighted by molar-refractivity contribution is 5.59. The summed E-state index contributed by atoms with van der Waals surface area (Å²) in [5, 5.41) is 0. The Kier molecular flexibility index (Phi) is 2.31. The van der Waals surface area contributed by atoms with Crippen LogP contribution in [0.15, 0.2) is 12.2 Å². The number of hydrogen-bond donors (Lipinski definition) is 0. The van der Waals surface area contributed by atoms with Crippen LogP contribution >= 0.6 is 0 Å². The van der Waals surface area contributed by atoms with Crippen LogP contribution in [-0.2, 0) is 9.47 Å². The largest absolute Gasteiger partial charge is 0.508 e. The Balaban J connectivity index is 2.19. The Morgan fingerprint density at radius 1 is 1.50 bits per heavy atom. The molecule has 3 nitrogen and oxygen atoms in total. The molecule has 0 radical (unpaired) electrons. The van der Waals surface area contributed by atoms with Crippen LogP contribution in [0.2, 0.25) is 0 Å². The van der Waals surface area contributed by atoms with Crippen LogP contribution < -0.4 is 0 Å². The first-order valence-electron chi connectivity index (χ1n) is 3.22. The summed E-state index contributed by atoms with van der Waals surface area (Å²) in [4.78, 5) is 10.5. The monoisotopic (exact) mass is 142 g/mol.